The van der Waals surface area contributed by atoms with E-state index in [-0.39, 0.29) is 5.78 Å². The van der Waals surface area contributed by atoms with E-state index in [1.165, 1.54) is 18.5 Å². The summed E-state index contributed by atoms with van der Waals surface area (Å²) < 4.78 is 7.72. The molecule has 0 radical (unpaired) electrons. The molecule has 4 nitrogen and oxygen atoms in total. The highest BCUT2D eigenvalue weighted by Crippen LogP contribution is 2.38. The molecule has 0 saturated heterocycles. The van der Waals surface area contributed by atoms with Crippen molar-refractivity contribution in [1.29, 1.82) is 0 Å². The van der Waals surface area contributed by atoms with E-state index in [0.717, 1.165) is 22.6 Å². The van der Waals surface area contributed by atoms with E-state index in [4.69, 9.17) is 4.74 Å². The fraction of sp³-hybridized carbons (Fsp3) is 0.450. The van der Waals surface area contributed by atoms with Gasteiger partial charge in [-0.1, -0.05) is 18.2 Å². The van der Waals surface area contributed by atoms with Gasteiger partial charge >= 0.3 is 0 Å². The Balaban J connectivity index is 1.69. The zero-order chi connectivity index (χ0) is 17.3. The first-order chi connectivity index (χ1) is 11.5. The molecule has 1 aromatic carbocycles. The van der Waals surface area contributed by atoms with Crippen LogP contribution in [0.5, 0.6) is 5.75 Å². The number of aromatic nitrogens is 1. The second-order valence-corrected chi connectivity index (χ2v) is 6.79. The van der Waals surface area contributed by atoms with Gasteiger partial charge in [0, 0.05) is 35.1 Å². The summed E-state index contributed by atoms with van der Waals surface area (Å²) >= 11 is 0. The lowest BCUT2D eigenvalue weighted by molar-refractivity contribution is 0.0942. The summed E-state index contributed by atoms with van der Waals surface area (Å²) in [5, 5.41) is 0. The zero-order valence-electron chi connectivity index (χ0n) is 15.0. The van der Waals surface area contributed by atoms with Crippen molar-refractivity contribution in [2.24, 2.45) is 0 Å². The van der Waals surface area contributed by atoms with Crippen LogP contribution in [0, 0.1) is 13.8 Å². The van der Waals surface area contributed by atoms with E-state index in [0.29, 0.717) is 19.1 Å². The van der Waals surface area contributed by atoms with E-state index >= 15 is 0 Å². The third kappa shape index (κ3) is 3.39. The van der Waals surface area contributed by atoms with Crippen LogP contribution in [0.25, 0.3) is 0 Å². The normalized spacial score (nSPS) is 14.2. The molecule has 1 saturated carbocycles. The molecular formula is C20H26N2O2. The summed E-state index contributed by atoms with van der Waals surface area (Å²) in [7, 11) is 3.65. The van der Waals surface area contributed by atoms with Crippen molar-refractivity contribution in [3.05, 3.63) is 52.8 Å². The largest absolute Gasteiger partial charge is 0.496 e. The molecule has 1 heterocycles. The number of ether oxygens (including phenoxy) is 1. The van der Waals surface area contributed by atoms with Gasteiger partial charge in [-0.25, -0.2) is 0 Å². The van der Waals surface area contributed by atoms with Crippen LogP contribution in [0.1, 0.15) is 46.2 Å². The number of nitrogens with zero attached hydrogens (tertiary/aromatic N) is 2. The van der Waals surface area contributed by atoms with Crippen LogP contribution in [0.15, 0.2) is 30.3 Å². The van der Waals surface area contributed by atoms with Gasteiger partial charge in [0.1, 0.15) is 5.75 Å². The highest BCUT2D eigenvalue weighted by Gasteiger charge is 2.28. The molecule has 0 atom stereocenters. The molecule has 128 valence electrons. The standard InChI is InChI=1S/C20H26N2O2/c1-14-11-18(15(2)22(14)17-9-10-17)19(23)13-21(3)12-16-7-5-6-8-20(16)24-4/h5-8,11,17H,9-10,12-13H2,1-4H3. The molecule has 24 heavy (non-hydrogen) atoms. The molecule has 1 fully saturated rings. The number of para-hydroxylation sites is 1. The molecule has 2 aromatic rings. The van der Waals surface area contributed by atoms with Crippen LogP contribution >= 0.6 is 0 Å². The number of Topliss-reactive ketones (excluding diaryl/α,β-unsaturated/α-hetero) is 1. The summed E-state index contributed by atoms with van der Waals surface area (Å²) in [5.41, 5.74) is 4.28. The number of ketones is 1. The van der Waals surface area contributed by atoms with Crippen LogP contribution < -0.4 is 4.74 Å². The summed E-state index contributed by atoms with van der Waals surface area (Å²) in [6.07, 6.45) is 2.47. The van der Waals surface area contributed by atoms with Gasteiger partial charge in [0.15, 0.2) is 5.78 Å². The highest BCUT2D eigenvalue weighted by atomic mass is 16.5. The van der Waals surface area contributed by atoms with Crippen LogP contribution in [0.2, 0.25) is 0 Å². The maximum absolute atomic E-state index is 12.7. The number of carbonyl (C=O) groups is 1. The molecule has 0 bridgehead atoms. The molecule has 0 spiro atoms. The number of methoxy groups -OCH3 is 1. The van der Waals surface area contributed by atoms with Crippen molar-refractivity contribution in [3.63, 3.8) is 0 Å². The van der Waals surface area contributed by atoms with Crippen molar-refractivity contribution in [1.82, 2.24) is 9.47 Å². The fourth-order valence-electron chi connectivity index (χ4n) is 3.46. The van der Waals surface area contributed by atoms with E-state index in [1.54, 1.807) is 7.11 Å². The van der Waals surface area contributed by atoms with Gasteiger partial charge in [0.2, 0.25) is 0 Å². The molecule has 4 heteroatoms. The highest BCUT2D eigenvalue weighted by molar-refractivity contribution is 5.99. The van der Waals surface area contributed by atoms with E-state index in [9.17, 15) is 4.79 Å². The Morgan fingerprint density at radius 2 is 2.00 bits per heavy atom. The van der Waals surface area contributed by atoms with Gasteiger partial charge in [0.25, 0.3) is 0 Å². The van der Waals surface area contributed by atoms with Gasteiger partial charge in [-0.05, 0) is 45.9 Å². The Morgan fingerprint density at radius 3 is 2.67 bits per heavy atom. The molecule has 1 aliphatic carbocycles. The number of carbonyl (C=O) groups excluding carboxylic acids is 1. The minimum absolute atomic E-state index is 0.187. The summed E-state index contributed by atoms with van der Waals surface area (Å²) in [5.74, 6) is 1.05. The molecule has 1 aromatic heterocycles. The third-order valence-electron chi connectivity index (χ3n) is 4.74. The Morgan fingerprint density at radius 1 is 1.29 bits per heavy atom. The minimum Gasteiger partial charge on any atom is -0.496 e. The van der Waals surface area contributed by atoms with Crippen molar-refractivity contribution >= 4 is 5.78 Å². The number of likely N-dealkylation sites (N-methyl/N-ethyl adjacent to an activating group) is 1. The van der Waals surface area contributed by atoms with Crippen molar-refractivity contribution in [3.8, 4) is 5.75 Å². The van der Waals surface area contributed by atoms with Gasteiger partial charge in [0.05, 0.1) is 13.7 Å². The summed E-state index contributed by atoms with van der Waals surface area (Å²) in [4.78, 5) is 14.8. The second kappa shape index (κ2) is 6.81. The smallest absolute Gasteiger partial charge is 0.178 e. The quantitative estimate of drug-likeness (QED) is 0.727. The number of hydrogen-bond donors (Lipinski definition) is 0. The lowest BCUT2D eigenvalue weighted by Gasteiger charge is -2.17. The Bertz CT molecular complexity index is 744. The molecule has 0 aliphatic heterocycles. The lowest BCUT2D eigenvalue weighted by Crippen LogP contribution is -2.26. The zero-order valence-corrected chi connectivity index (χ0v) is 15.0. The molecule has 0 N–H and O–H groups in total. The average molecular weight is 326 g/mol. The van der Waals surface area contributed by atoms with Gasteiger partial charge in [-0.2, -0.15) is 0 Å². The summed E-state index contributed by atoms with van der Waals surface area (Å²) in [6.45, 7) is 5.27. The first-order valence-electron chi connectivity index (χ1n) is 8.53. The second-order valence-electron chi connectivity index (χ2n) is 6.79. The van der Waals surface area contributed by atoms with Crippen molar-refractivity contribution < 1.29 is 9.53 Å². The number of benzene rings is 1. The van der Waals surface area contributed by atoms with Gasteiger partial charge in [-0.15, -0.1) is 0 Å². The third-order valence-corrected chi connectivity index (χ3v) is 4.74. The Kier molecular flexibility index (Phi) is 4.76. The van der Waals surface area contributed by atoms with Crippen LogP contribution in [-0.2, 0) is 6.54 Å². The average Bonchev–Trinajstić information content (AvgIpc) is 3.33. The number of rotatable bonds is 7. The topological polar surface area (TPSA) is 34.5 Å². The fourth-order valence-corrected chi connectivity index (χ4v) is 3.46. The molecule has 0 unspecified atom stereocenters. The van der Waals surface area contributed by atoms with Crippen LogP contribution in [0.3, 0.4) is 0 Å². The van der Waals surface area contributed by atoms with Crippen LogP contribution in [-0.4, -0.2) is 36.0 Å². The first kappa shape index (κ1) is 16.8. The molecule has 1 aliphatic rings. The van der Waals surface area contributed by atoms with E-state index in [2.05, 4.69) is 18.4 Å². The van der Waals surface area contributed by atoms with E-state index in [1.807, 2.05) is 42.3 Å². The van der Waals surface area contributed by atoms with E-state index < -0.39 is 0 Å². The number of hydrogen-bond acceptors (Lipinski definition) is 3. The molecule has 0 amide bonds. The number of aryl methyl sites for hydroxylation is 1. The Hall–Kier alpha value is -2.07. The van der Waals surface area contributed by atoms with Crippen molar-refractivity contribution in [2.45, 2.75) is 39.3 Å². The maximum atomic E-state index is 12.7. The van der Waals surface area contributed by atoms with Crippen molar-refractivity contribution in [2.75, 3.05) is 20.7 Å². The lowest BCUT2D eigenvalue weighted by atomic mass is 10.1. The summed E-state index contributed by atoms with van der Waals surface area (Å²) in [6, 6.07) is 10.6. The first-order valence-corrected chi connectivity index (χ1v) is 8.53. The van der Waals surface area contributed by atoms with Gasteiger partial charge < -0.3 is 9.30 Å². The monoisotopic (exact) mass is 326 g/mol. The van der Waals surface area contributed by atoms with Crippen LogP contribution in [0.4, 0.5) is 0 Å². The molecule has 3 rings (SSSR count). The molecular weight excluding hydrogens is 300 g/mol. The van der Waals surface area contributed by atoms with Gasteiger partial charge in [-0.3, -0.25) is 9.69 Å². The predicted molar refractivity (Wildman–Crippen MR) is 95.8 cm³/mol. The maximum Gasteiger partial charge on any atom is 0.178 e. The minimum atomic E-state index is 0.187. The predicted octanol–water partition coefficient (Wildman–Crippen LogP) is 3.76. The SMILES string of the molecule is COc1ccccc1CN(C)CC(=O)c1cc(C)n(C2CC2)c1C. The Labute approximate surface area is 144 Å².